The van der Waals surface area contributed by atoms with E-state index in [1.54, 1.807) is 12.0 Å². The van der Waals surface area contributed by atoms with Crippen LogP contribution in [-0.2, 0) is 4.79 Å². The molecule has 0 spiro atoms. The number of amides is 1. The summed E-state index contributed by atoms with van der Waals surface area (Å²) >= 11 is 0. The zero-order valence-corrected chi connectivity index (χ0v) is 12.2. The summed E-state index contributed by atoms with van der Waals surface area (Å²) in [5.41, 5.74) is 0. The second-order valence-corrected chi connectivity index (χ2v) is 4.74. The van der Waals surface area contributed by atoms with E-state index in [1.165, 1.54) is 6.33 Å². The third-order valence-corrected chi connectivity index (χ3v) is 3.29. The standard InChI is InChI=1S/C13H21N5O2/c1-4-5-14-12-11(20-3)13(16-9-15-12)18-7-6-17(2)10(19)8-18/h9H,4-8H2,1-3H3,(H,14,15,16). The number of piperazine rings is 1. The third-order valence-electron chi connectivity index (χ3n) is 3.29. The SMILES string of the molecule is CCCNc1ncnc(N2CCN(C)C(=O)C2)c1OC. The van der Waals surface area contributed by atoms with Gasteiger partial charge in [-0.05, 0) is 6.42 Å². The lowest BCUT2D eigenvalue weighted by Gasteiger charge is -2.33. The van der Waals surface area contributed by atoms with E-state index >= 15 is 0 Å². The zero-order valence-electron chi connectivity index (χ0n) is 12.2. The van der Waals surface area contributed by atoms with E-state index in [0.717, 1.165) is 19.5 Å². The second kappa shape index (κ2) is 6.40. The summed E-state index contributed by atoms with van der Waals surface area (Å²) < 4.78 is 5.43. The summed E-state index contributed by atoms with van der Waals surface area (Å²) in [6.07, 6.45) is 2.49. The lowest BCUT2D eigenvalue weighted by atomic mass is 10.3. The molecule has 7 nitrogen and oxygen atoms in total. The van der Waals surface area contributed by atoms with Crippen LogP contribution in [0.5, 0.6) is 5.75 Å². The average molecular weight is 279 g/mol. The van der Waals surface area contributed by atoms with Gasteiger partial charge in [-0.3, -0.25) is 4.79 Å². The number of likely N-dealkylation sites (N-methyl/N-ethyl adjacent to an activating group) is 1. The molecule has 0 aromatic carbocycles. The summed E-state index contributed by atoms with van der Waals surface area (Å²) in [5, 5.41) is 3.22. The minimum atomic E-state index is 0.0833. The van der Waals surface area contributed by atoms with E-state index in [1.807, 2.05) is 11.9 Å². The second-order valence-electron chi connectivity index (χ2n) is 4.74. The van der Waals surface area contributed by atoms with E-state index in [4.69, 9.17) is 4.74 Å². The Balaban J connectivity index is 2.24. The van der Waals surface area contributed by atoms with Gasteiger partial charge in [0.15, 0.2) is 11.6 Å². The Bertz CT molecular complexity index is 480. The highest BCUT2D eigenvalue weighted by molar-refractivity contribution is 5.83. The average Bonchev–Trinajstić information content (AvgIpc) is 2.47. The molecule has 1 aliphatic rings. The number of rotatable bonds is 5. The summed E-state index contributed by atoms with van der Waals surface area (Å²) in [5.74, 6) is 2.02. The quantitative estimate of drug-likeness (QED) is 0.850. The van der Waals surface area contributed by atoms with Crippen LogP contribution < -0.4 is 15.0 Å². The molecule has 0 atom stereocenters. The first-order valence-corrected chi connectivity index (χ1v) is 6.79. The Morgan fingerprint density at radius 1 is 1.40 bits per heavy atom. The smallest absolute Gasteiger partial charge is 0.241 e. The number of hydrogen-bond acceptors (Lipinski definition) is 6. The van der Waals surface area contributed by atoms with Crippen LogP contribution in [0.1, 0.15) is 13.3 Å². The fourth-order valence-electron chi connectivity index (χ4n) is 2.09. The van der Waals surface area contributed by atoms with Gasteiger partial charge in [0.05, 0.1) is 13.7 Å². The monoisotopic (exact) mass is 279 g/mol. The third kappa shape index (κ3) is 2.92. The molecule has 1 aliphatic heterocycles. The van der Waals surface area contributed by atoms with Gasteiger partial charge in [-0.15, -0.1) is 0 Å². The van der Waals surface area contributed by atoms with Gasteiger partial charge in [0.2, 0.25) is 11.7 Å². The van der Waals surface area contributed by atoms with Crippen LogP contribution in [0.15, 0.2) is 6.33 Å². The van der Waals surface area contributed by atoms with Crippen molar-refractivity contribution in [1.82, 2.24) is 14.9 Å². The largest absolute Gasteiger partial charge is 0.490 e. The number of nitrogens with zero attached hydrogens (tertiary/aromatic N) is 4. The summed E-state index contributed by atoms with van der Waals surface area (Å²) in [4.78, 5) is 24.0. The normalized spacial score (nSPS) is 15.4. The highest BCUT2D eigenvalue weighted by Gasteiger charge is 2.25. The molecule has 1 aromatic rings. The van der Waals surface area contributed by atoms with Crippen molar-refractivity contribution in [3.05, 3.63) is 6.33 Å². The highest BCUT2D eigenvalue weighted by atomic mass is 16.5. The molecule has 0 saturated carbocycles. The number of carbonyl (C=O) groups is 1. The van der Waals surface area contributed by atoms with E-state index in [0.29, 0.717) is 30.5 Å². The summed E-state index contributed by atoms with van der Waals surface area (Å²) in [6.45, 7) is 4.64. The van der Waals surface area contributed by atoms with E-state index < -0.39 is 0 Å². The van der Waals surface area contributed by atoms with Crippen molar-refractivity contribution in [2.24, 2.45) is 0 Å². The van der Waals surface area contributed by atoms with Crippen LogP contribution in [0.25, 0.3) is 0 Å². The lowest BCUT2D eigenvalue weighted by molar-refractivity contribution is -0.129. The van der Waals surface area contributed by atoms with Crippen molar-refractivity contribution in [1.29, 1.82) is 0 Å². The molecule has 110 valence electrons. The van der Waals surface area contributed by atoms with Gasteiger partial charge in [0.25, 0.3) is 0 Å². The maximum Gasteiger partial charge on any atom is 0.241 e. The Morgan fingerprint density at radius 3 is 2.85 bits per heavy atom. The van der Waals surface area contributed by atoms with Crippen LogP contribution in [0.2, 0.25) is 0 Å². The molecule has 0 aliphatic carbocycles. The van der Waals surface area contributed by atoms with Gasteiger partial charge in [-0.25, -0.2) is 9.97 Å². The molecule has 7 heteroatoms. The fraction of sp³-hybridized carbons (Fsp3) is 0.615. The van der Waals surface area contributed by atoms with Gasteiger partial charge in [0, 0.05) is 26.7 Å². The molecule has 1 saturated heterocycles. The predicted octanol–water partition coefficient (Wildman–Crippen LogP) is 0.586. The van der Waals surface area contributed by atoms with E-state index in [2.05, 4.69) is 22.2 Å². The van der Waals surface area contributed by atoms with Gasteiger partial charge < -0.3 is 19.9 Å². The molecular formula is C13H21N5O2. The molecule has 1 N–H and O–H groups in total. The van der Waals surface area contributed by atoms with Crippen LogP contribution in [0.4, 0.5) is 11.6 Å². The fourth-order valence-corrected chi connectivity index (χ4v) is 2.09. The van der Waals surface area contributed by atoms with Crippen molar-refractivity contribution in [2.45, 2.75) is 13.3 Å². The Morgan fingerprint density at radius 2 is 2.20 bits per heavy atom. The molecule has 1 aromatic heterocycles. The summed E-state index contributed by atoms with van der Waals surface area (Å²) in [7, 11) is 3.41. The molecular weight excluding hydrogens is 258 g/mol. The molecule has 0 bridgehead atoms. The van der Waals surface area contributed by atoms with E-state index in [-0.39, 0.29) is 5.91 Å². The molecule has 0 unspecified atom stereocenters. The first-order valence-electron chi connectivity index (χ1n) is 6.79. The first-order chi connectivity index (χ1) is 9.67. The topological polar surface area (TPSA) is 70.6 Å². The number of methoxy groups -OCH3 is 1. The highest BCUT2D eigenvalue weighted by Crippen LogP contribution is 2.32. The van der Waals surface area contributed by atoms with Crippen molar-refractivity contribution in [2.75, 3.05) is 50.6 Å². The molecule has 1 amide bonds. The maximum atomic E-state index is 11.8. The molecule has 2 heterocycles. The van der Waals surface area contributed by atoms with Gasteiger partial charge in [0.1, 0.15) is 6.33 Å². The van der Waals surface area contributed by atoms with Crippen LogP contribution >= 0.6 is 0 Å². The number of aromatic nitrogens is 2. The number of anilines is 2. The number of hydrogen-bond donors (Lipinski definition) is 1. The molecule has 0 radical (unpaired) electrons. The zero-order chi connectivity index (χ0) is 14.5. The predicted molar refractivity (Wildman–Crippen MR) is 77.2 cm³/mol. The lowest BCUT2D eigenvalue weighted by Crippen LogP contribution is -2.49. The van der Waals surface area contributed by atoms with Gasteiger partial charge >= 0.3 is 0 Å². The minimum Gasteiger partial charge on any atom is -0.490 e. The molecule has 2 rings (SSSR count). The summed E-state index contributed by atoms with van der Waals surface area (Å²) in [6, 6.07) is 0. The number of nitrogens with one attached hydrogen (secondary N) is 1. The van der Waals surface area contributed by atoms with E-state index in [9.17, 15) is 4.79 Å². The molecule has 1 fully saturated rings. The first kappa shape index (κ1) is 14.4. The van der Waals surface area contributed by atoms with Crippen LogP contribution in [-0.4, -0.2) is 61.1 Å². The van der Waals surface area contributed by atoms with Crippen LogP contribution in [0, 0.1) is 0 Å². The Hall–Kier alpha value is -2.05. The van der Waals surface area contributed by atoms with Crippen molar-refractivity contribution < 1.29 is 9.53 Å². The number of carbonyl (C=O) groups excluding carboxylic acids is 1. The van der Waals surface area contributed by atoms with Crippen molar-refractivity contribution >= 4 is 17.5 Å². The van der Waals surface area contributed by atoms with Crippen molar-refractivity contribution in [3.8, 4) is 5.75 Å². The van der Waals surface area contributed by atoms with Gasteiger partial charge in [-0.1, -0.05) is 6.92 Å². The number of ether oxygens (including phenoxy) is 1. The molecule has 20 heavy (non-hydrogen) atoms. The van der Waals surface area contributed by atoms with Crippen molar-refractivity contribution in [3.63, 3.8) is 0 Å². The minimum absolute atomic E-state index is 0.0833. The Kier molecular flexibility index (Phi) is 4.60. The maximum absolute atomic E-state index is 11.8. The van der Waals surface area contributed by atoms with Crippen LogP contribution in [0.3, 0.4) is 0 Å². The van der Waals surface area contributed by atoms with Gasteiger partial charge in [-0.2, -0.15) is 0 Å². The Labute approximate surface area is 118 Å².